The number of nitrogens with zero attached hydrogens (tertiary/aromatic N) is 1. The summed E-state index contributed by atoms with van der Waals surface area (Å²) in [7, 11) is -11.1. The molecule has 1 aromatic heterocycles. The maximum atomic E-state index is 13.8. The molecule has 14 heteroatoms. The van der Waals surface area contributed by atoms with Crippen LogP contribution in [-0.2, 0) is 38.6 Å². The van der Waals surface area contributed by atoms with Crippen molar-refractivity contribution < 1.29 is 35.6 Å². The minimum absolute atomic E-state index is 0.0454. The van der Waals surface area contributed by atoms with Crippen LogP contribution in [0.2, 0.25) is 5.04 Å². The molecule has 0 radical (unpaired) electrons. The number of likely N-dealkylation sites (N-methyl/N-ethyl adjacent to an activating group) is 1. The third-order valence-corrected chi connectivity index (χ3v) is 18.9. The fourth-order valence-corrected chi connectivity index (χ4v) is 15.1. The van der Waals surface area contributed by atoms with Gasteiger partial charge in [0.05, 0.1) is 11.3 Å². The van der Waals surface area contributed by atoms with Gasteiger partial charge in [-0.2, -0.15) is 0 Å². The molecule has 0 saturated heterocycles. The second-order valence-corrected chi connectivity index (χ2v) is 22.2. The highest BCUT2D eigenvalue weighted by molar-refractivity contribution is 7.95. The van der Waals surface area contributed by atoms with Crippen molar-refractivity contribution in [1.29, 1.82) is 0 Å². The zero-order valence-electron chi connectivity index (χ0n) is 27.1. The van der Waals surface area contributed by atoms with Crippen LogP contribution < -0.4 is 15.5 Å². The summed E-state index contributed by atoms with van der Waals surface area (Å²) in [6.45, 7) is 12.8. The summed E-state index contributed by atoms with van der Waals surface area (Å²) in [5.74, 6) is -1.25. The van der Waals surface area contributed by atoms with E-state index in [4.69, 9.17) is 14.3 Å². The van der Waals surface area contributed by atoms with Crippen LogP contribution in [0.1, 0.15) is 66.5 Å². The molecule has 2 aromatic carbocycles. The molecule has 0 aliphatic carbocycles. The molecule has 1 aliphatic rings. The smallest absolute Gasteiger partial charge is 0.334 e. The molecule has 1 aliphatic heterocycles. The number of esters is 1. The van der Waals surface area contributed by atoms with Gasteiger partial charge in [0, 0.05) is 12.1 Å². The van der Waals surface area contributed by atoms with Crippen molar-refractivity contribution in [2.45, 2.75) is 91.8 Å². The van der Waals surface area contributed by atoms with Crippen LogP contribution in [0.5, 0.6) is 0 Å². The van der Waals surface area contributed by atoms with Gasteiger partial charge in [-0.1, -0.05) is 81.4 Å². The van der Waals surface area contributed by atoms with Crippen molar-refractivity contribution in [3.05, 3.63) is 72.3 Å². The van der Waals surface area contributed by atoms with Crippen molar-refractivity contribution in [3.8, 4) is 0 Å². The first-order valence-electron chi connectivity index (χ1n) is 15.1. The first-order chi connectivity index (χ1) is 21.4. The molecule has 0 saturated carbocycles. The van der Waals surface area contributed by atoms with Crippen LogP contribution in [0.25, 0.3) is 0 Å². The number of benzene rings is 2. The molecule has 2 N–H and O–H groups in total. The molecule has 3 aromatic rings. The van der Waals surface area contributed by atoms with Gasteiger partial charge in [0.1, 0.15) is 14.5 Å². The Kier molecular flexibility index (Phi) is 10.4. The number of amides is 1. The molecule has 0 fully saturated rings. The molecule has 250 valence electrons. The fourth-order valence-electron chi connectivity index (χ4n) is 6.09. The van der Waals surface area contributed by atoms with Gasteiger partial charge in [-0.05, 0) is 55.6 Å². The molecule has 0 spiro atoms. The summed E-state index contributed by atoms with van der Waals surface area (Å²) in [5, 5.41) is 6.03. The van der Waals surface area contributed by atoms with Crippen LogP contribution >= 0.6 is 11.3 Å². The molecule has 46 heavy (non-hydrogen) atoms. The lowest BCUT2D eigenvalue weighted by atomic mass is 10.0. The van der Waals surface area contributed by atoms with Gasteiger partial charge in [-0.3, -0.25) is 4.79 Å². The predicted molar refractivity (Wildman–Crippen MR) is 181 cm³/mol. The fraction of sp³-hybridized carbons (Fsp3) is 0.438. The van der Waals surface area contributed by atoms with Crippen molar-refractivity contribution in [1.82, 2.24) is 4.90 Å². The van der Waals surface area contributed by atoms with Crippen molar-refractivity contribution in [2.24, 2.45) is 5.14 Å². The van der Waals surface area contributed by atoms with Gasteiger partial charge < -0.3 is 14.1 Å². The Morgan fingerprint density at radius 3 is 2.00 bits per heavy atom. The van der Waals surface area contributed by atoms with Gasteiger partial charge in [-0.25, -0.2) is 26.8 Å². The van der Waals surface area contributed by atoms with E-state index < -0.39 is 68.6 Å². The first kappa shape index (κ1) is 36.0. The number of thiophene rings is 1. The Hall–Kier alpha value is -2.88. The third-order valence-electron chi connectivity index (χ3n) is 8.43. The molecular weight excluding hydrogens is 665 g/mol. The summed E-state index contributed by atoms with van der Waals surface area (Å²) in [4.78, 5) is 28.9. The molecule has 0 bridgehead atoms. The number of nitrogens with two attached hydrogens (primary N) is 1. The van der Waals surface area contributed by atoms with Gasteiger partial charge in [0.25, 0.3) is 14.2 Å². The van der Waals surface area contributed by atoms with Crippen molar-refractivity contribution in [2.75, 3.05) is 6.54 Å². The van der Waals surface area contributed by atoms with E-state index in [1.165, 1.54) is 24.8 Å². The lowest BCUT2D eigenvalue weighted by Gasteiger charge is -2.44. The van der Waals surface area contributed by atoms with E-state index in [9.17, 15) is 26.4 Å². The standard InChI is InChI=1S/C32H42N2O8S3Si/c1-8-34(27-19-21(2)44(37,38)31-26(27)20-28(43-31)45(33,39)40)29(35)22(3)41-30(36)23(4)42-46(32(5,6)7,24-15-11-9-12-16-24)25-17-13-10-14-18-25/h9-18,20-23,27H,8,19H2,1-7H3,(H2,33,39,40)/t21-,22-,23-,27-/m0/s1. The van der Waals surface area contributed by atoms with Gasteiger partial charge in [0.2, 0.25) is 10.0 Å². The second kappa shape index (κ2) is 13.3. The number of carbonyl (C=O) groups is 2. The molecule has 2 heterocycles. The molecular formula is C32H42N2O8S3Si. The van der Waals surface area contributed by atoms with Gasteiger partial charge >= 0.3 is 5.97 Å². The molecule has 1 amide bonds. The highest BCUT2D eigenvalue weighted by Crippen LogP contribution is 2.45. The van der Waals surface area contributed by atoms with E-state index >= 15 is 0 Å². The minimum Gasteiger partial charge on any atom is -0.451 e. The van der Waals surface area contributed by atoms with Gasteiger partial charge in [0.15, 0.2) is 15.9 Å². The van der Waals surface area contributed by atoms with E-state index in [-0.39, 0.29) is 26.9 Å². The highest BCUT2D eigenvalue weighted by atomic mass is 32.3. The average Bonchev–Trinajstić information content (AvgIpc) is 3.47. The molecule has 0 unspecified atom stereocenters. The number of rotatable bonds is 10. The summed E-state index contributed by atoms with van der Waals surface area (Å²) in [5.41, 5.74) is 0.198. The van der Waals surface area contributed by atoms with Crippen LogP contribution in [0.15, 0.2) is 75.1 Å². The number of ether oxygens (including phenoxy) is 1. The maximum Gasteiger partial charge on any atom is 0.334 e. The number of carbonyl (C=O) groups excluding carboxylic acids is 2. The van der Waals surface area contributed by atoms with Gasteiger partial charge in [-0.15, -0.1) is 11.3 Å². The molecule has 10 nitrogen and oxygen atoms in total. The number of hydrogen-bond acceptors (Lipinski definition) is 9. The normalized spacial score (nSPS) is 19.5. The Labute approximate surface area is 277 Å². The summed E-state index contributed by atoms with van der Waals surface area (Å²) >= 11 is 0.586. The predicted octanol–water partition coefficient (Wildman–Crippen LogP) is 3.75. The molecule has 4 atom stereocenters. The lowest BCUT2D eigenvalue weighted by Crippen LogP contribution is -2.68. The maximum absolute atomic E-state index is 13.8. The van der Waals surface area contributed by atoms with Crippen LogP contribution in [0, 0.1) is 0 Å². The van der Waals surface area contributed by atoms with Crippen LogP contribution in [0.3, 0.4) is 0 Å². The minimum atomic E-state index is -4.18. The Morgan fingerprint density at radius 1 is 1.02 bits per heavy atom. The summed E-state index contributed by atoms with van der Waals surface area (Å²) < 4.78 is 62.6. The Balaban J connectivity index is 1.62. The largest absolute Gasteiger partial charge is 0.451 e. The Bertz CT molecular complexity index is 1750. The van der Waals surface area contributed by atoms with Crippen molar-refractivity contribution in [3.63, 3.8) is 0 Å². The zero-order valence-corrected chi connectivity index (χ0v) is 30.5. The number of primary sulfonamides is 1. The number of hydrogen-bond donors (Lipinski definition) is 1. The SMILES string of the molecule is CCN(C(=O)[C@H](C)OC(=O)[C@H](C)O[Si](c1ccccc1)(c1ccccc1)C(C)(C)C)[C@H]1C[C@H](C)S(=O)(=O)c2sc(S(N)(=O)=O)cc21. The van der Waals surface area contributed by atoms with E-state index in [1.807, 2.05) is 60.7 Å². The quantitative estimate of drug-likeness (QED) is 0.248. The first-order valence-corrected chi connectivity index (χ1v) is 20.9. The van der Waals surface area contributed by atoms with E-state index in [2.05, 4.69) is 20.8 Å². The van der Waals surface area contributed by atoms with Crippen LogP contribution in [0.4, 0.5) is 0 Å². The Morgan fingerprint density at radius 2 is 1.54 bits per heavy atom. The molecule has 4 rings (SSSR count). The number of fused-ring (bicyclic) bond motifs is 1. The van der Waals surface area contributed by atoms with E-state index in [0.717, 1.165) is 10.4 Å². The third kappa shape index (κ3) is 6.74. The number of sulfonamides is 1. The summed E-state index contributed by atoms with van der Waals surface area (Å²) in [6, 6.07) is 20.2. The monoisotopic (exact) mass is 706 g/mol. The lowest BCUT2D eigenvalue weighted by molar-refractivity contribution is -0.165. The average molecular weight is 707 g/mol. The highest BCUT2D eigenvalue weighted by Gasteiger charge is 2.52. The summed E-state index contributed by atoms with van der Waals surface area (Å²) in [6.07, 6.45) is -2.22. The van der Waals surface area contributed by atoms with E-state index in [1.54, 1.807) is 13.8 Å². The second-order valence-electron chi connectivity index (χ2n) is 12.6. The van der Waals surface area contributed by atoms with Crippen molar-refractivity contribution >= 4 is 61.8 Å². The number of sulfone groups is 1. The zero-order chi connectivity index (χ0) is 34.2. The topological polar surface area (TPSA) is 150 Å². The van der Waals surface area contributed by atoms with E-state index in [0.29, 0.717) is 11.3 Å². The van der Waals surface area contributed by atoms with Crippen LogP contribution in [-0.4, -0.2) is 65.9 Å².